The van der Waals surface area contributed by atoms with E-state index < -0.39 is 0 Å². The van der Waals surface area contributed by atoms with Crippen molar-refractivity contribution in [2.24, 2.45) is 0 Å². The predicted octanol–water partition coefficient (Wildman–Crippen LogP) is 2.71. The maximum Gasteiger partial charge on any atom is 0.205 e. The van der Waals surface area contributed by atoms with Gasteiger partial charge in [-0.25, -0.2) is 0 Å². The van der Waals surface area contributed by atoms with Gasteiger partial charge in [0, 0.05) is 49.5 Å². The van der Waals surface area contributed by atoms with Crippen LogP contribution in [0.5, 0.6) is 0 Å². The Bertz CT molecular complexity index is 776. The average molecular weight is 338 g/mol. The highest BCUT2D eigenvalue weighted by Crippen LogP contribution is 2.25. The summed E-state index contributed by atoms with van der Waals surface area (Å²) in [6, 6.07) is 14.1. The SMILES string of the molecule is c1ccc(-c2nsc(N3CCCN(c4cccnn4)CC3)n2)cc1. The van der Waals surface area contributed by atoms with Gasteiger partial charge in [-0.15, -0.1) is 5.10 Å². The summed E-state index contributed by atoms with van der Waals surface area (Å²) < 4.78 is 4.52. The fourth-order valence-electron chi connectivity index (χ4n) is 2.85. The van der Waals surface area contributed by atoms with E-state index in [0.717, 1.165) is 54.9 Å². The van der Waals surface area contributed by atoms with Crippen molar-refractivity contribution < 1.29 is 0 Å². The second kappa shape index (κ2) is 6.92. The molecule has 1 aliphatic rings. The minimum atomic E-state index is 0.811. The molecule has 1 aliphatic heterocycles. The normalized spacial score (nSPS) is 15.3. The van der Waals surface area contributed by atoms with Gasteiger partial charge in [0.05, 0.1) is 0 Å². The number of benzene rings is 1. The summed E-state index contributed by atoms with van der Waals surface area (Å²) in [6.45, 7) is 3.80. The van der Waals surface area contributed by atoms with Gasteiger partial charge < -0.3 is 9.80 Å². The van der Waals surface area contributed by atoms with Crippen LogP contribution in [0.4, 0.5) is 10.9 Å². The van der Waals surface area contributed by atoms with E-state index in [2.05, 4.69) is 24.4 Å². The molecule has 3 aromatic rings. The predicted molar refractivity (Wildman–Crippen MR) is 96.4 cm³/mol. The molecule has 0 bridgehead atoms. The summed E-state index contributed by atoms with van der Waals surface area (Å²) in [7, 11) is 0. The number of hydrogen-bond donors (Lipinski definition) is 0. The van der Waals surface area contributed by atoms with Gasteiger partial charge in [-0.2, -0.15) is 14.5 Å². The minimum absolute atomic E-state index is 0.811. The van der Waals surface area contributed by atoms with Crippen LogP contribution in [-0.2, 0) is 0 Å². The molecule has 4 rings (SSSR count). The van der Waals surface area contributed by atoms with Crippen molar-refractivity contribution >= 4 is 22.5 Å². The lowest BCUT2D eigenvalue weighted by molar-refractivity contribution is 0.786. The van der Waals surface area contributed by atoms with Crippen molar-refractivity contribution in [3.8, 4) is 11.4 Å². The van der Waals surface area contributed by atoms with Crippen LogP contribution in [0.1, 0.15) is 6.42 Å². The third kappa shape index (κ3) is 3.21. The molecule has 0 radical (unpaired) electrons. The molecule has 7 heteroatoms. The van der Waals surface area contributed by atoms with Crippen LogP contribution in [0, 0.1) is 0 Å². The number of hydrogen-bond acceptors (Lipinski definition) is 7. The molecule has 0 unspecified atom stereocenters. The molecule has 1 fully saturated rings. The van der Waals surface area contributed by atoms with E-state index in [4.69, 9.17) is 4.98 Å². The molecule has 0 aliphatic carbocycles. The van der Waals surface area contributed by atoms with Crippen LogP contribution in [0.15, 0.2) is 48.7 Å². The van der Waals surface area contributed by atoms with Crippen LogP contribution in [0.2, 0.25) is 0 Å². The maximum atomic E-state index is 4.73. The maximum absolute atomic E-state index is 4.73. The monoisotopic (exact) mass is 338 g/mol. The smallest absolute Gasteiger partial charge is 0.205 e. The standard InChI is InChI=1S/C17H18N6S/c1-2-6-14(7-3-1)16-19-17(24-21-16)23-11-5-10-22(12-13-23)15-8-4-9-18-20-15/h1-4,6-9H,5,10-13H2. The molecule has 0 amide bonds. The quantitative estimate of drug-likeness (QED) is 0.732. The minimum Gasteiger partial charge on any atom is -0.353 e. The first-order valence-electron chi connectivity index (χ1n) is 8.07. The Balaban J connectivity index is 1.47. The van der Waals surface area contributed by atoms with Gasteiger partial charge in [-0.05, 0) is 18.6 Å². The third-order valence-corrected chi connectivity index (χ3v) is 4.87. The van der Waals surface area contributed by atoms with Gasteiger partial charge in [0.2, 0.25) is 5.13 Å². The number of anilines is 2. The van der Waals surface area contributed by atoms with Gasteiger partial charge in [-0.3, -0.25) is 0 Å². The lowest BCUT2D eigenvalue weighted by atomic mass is 10.2. The number of aromatic nitrogens is 4. The Morgan fingerprint density at radius 1 is 0.875 bits per heavy atom. The van der Waals surface area contributed by atoms with Crippen molar-refractivity contribution in [1.82, 2.24) is 19.6 Å². The highest BCUT2D eigenvalue weighted by molar-refractivity contribution is 7.09. The lowest BCUT2D eigenvalue weighted by Gasteiger charge is -2.21. The van der Waals surface area contributed by atoms with Crippen LogP contribution in [-0.4, -0.2) is 45.7 Å². The number of nitrogens with zero attached hydrogens (tertiary/aromatic N) is 6. The molecule has 2 aromatic heterocycles. The van der Waals surface area contributed by atoms with E-state index >= 15 is 0 Å². The Morgan fingerprint density at radius 3 is 2.54 bits per heavy atom. The lowest BCUT2D eigenvalue weighted by Crippen LogP contribution is -2.31. The van der Waals surface area contributed by atoms with E-state index in [1.807, 2.05) is 42.5 Å². The van der Waals surface area contributed by atoms with E-state index in [0.29, 0.717) is 0 Å². The van der Waals surface area contributed by atoms with Crippen molar-refractivity contribution in [2.45, 2.75) is 6.42 Å². The summed E-state index contributed by atoms with van der Waals surface area (Å²) in [4.78, 5) is 9.33. The average Bonchev–Trinajstić information content (AvgIpc) is 3.01. The van der Waals surface area contributed by atoms with Crippen molar-refractivity contribution in [1.29, 1.82) is 0 Å². The third-order valence-electron chi connectivity index (χ3n) is 4.10. The molecule has 0 atom stereocenters. The molecule has 0 saturated carbocycles. The summed E-state index contributed by atoms with van der Waals surface area (Å²) in [5.74, 6) is 1.76. The van der Waals surface area contributed by atoms with Crippen molar-refractivity contribution in [3.05, 3.63) is 48.7 Å². The molecule has 1 saturated heterocycles. The molecular weight excluding hydrogens is 320 g/mol. The molecule has 3 heterocycles. The first-order valence-corrected chi connectivity index (χ1v) is 8.84. The first kappa shape index (κ1) is 15.0. The zero-order chi connectivity index (χ0) is 16.2. The van der Waals surface area contributed by atoms with E-state index in [1.165, 1.54) is 11.5 Å². The van der Waals surface area contributed by atoms with Gasteiger partial charge in [0.15, 0.2) is 11.6 Å². The molecule has 0 spiro atoms. The number of rotatable bonds is 3. The van der Waals surface area contributed by atoms with E-state index in [1.54, 1.807) is 6.20 Å². The van der Waals surface area contributed by atoms with Crippen LogP contribution < -0.4 is 9.80 Å². The Labute approximate surface area is 145 Å². The zero-order valence-electron chi connectivity index (χ0n) is 13.2. The molecule has 1 aromatic carbocycles. The first-order chi connectivity index (χ1) is 11.9. The molecule has 0 N–H and O–H groups in total. The van der Waals surface area contributed by atoms with Crippen LogP contribution in [0.3, 0.4) is 0 Å². The Kier molecular flexibility index (Phi) is 4.33. The highest BCUT2D eigenvalue weighted by Gasteiger charge is 2.19. The molecule has 24 heavy (non-hydrogen) atoms. The van der Waals surface area contributed by atoms with Crippen LogP contribution >= 0.6 is 11.5 Å². The van der Waals surface area contributed by atoms with Crippen LogP contribution in [0.25, 0.3) is 11.4 Å². The Morgan fingerprint density at radius 2 is 1.71 bits per heavy atom. The molecular formula is C17H18N6S. The van der Waals surface area contributed by atoms with Gasteiger partial charge in [0.1, 0.15) is 0 Å². The second-order valence-electron chi connectivity index (χ2n) is 5.68. The van der Waals surface area contributed by atoms with Gasteiger partial charge >= 0.3 is 0 Å². The fraction of sp³-hybridized carbons (Fsp3) is 0.294. The summed E-state index contributed by atoms with van der Waals surface area (Å²) in [5.41, 5.74) is 1.07. The van der Waals surface area contributed by atoms with Crippen molar-refractivity contribution in [3.63, 3.8) is 0 Å². The Hall–Kier alpha value is -2.54. The summed E-state index contributed by atoms with van der Waals surface area (Å²) >= 11 is 1.48. The zero-order valence-corrected chi connectivity index (χ0v) is 14.1. The van der Waals surface area contributed by atoms with Gasteiger partial charge in [0.25, 0.3) is 0 Å². The highest BCUT2D eigenvalue weighted by atomic mass is 32.1. The summed E-state index contributed by atoms with van der Waals surface area (Å²) in [6.07, 6.45) is 2.77. The molecule has 6 nitrogen and oxygen atoms in total. The van der Waals surface area contributed by atoms with Gasteiger partial charge in [-0.1, -0.05) is 30.3 Å². The fourth-order valence-corrected chi connectivity index (χ4v) is 3.59. The summed E-state index contributed by atoms with van der Waals surface area (Å²) in [5, 5.41) is 9.19. The van der Waals surface area contributed by atoms with E-state index in [-0.39, 0.29) is 0 Å². The van der Waals surface area contributed by atoms with E-state index in [9.17, 15) is 0 Å². The van der Waals surface area contributed by atoms with Crippen molar-refractivity contribution in [2.75, 3.05) is 36.0 Å². The second-order valence-corrected chi connectivity index (χ2v) is 6.41. The largest absolute Gasteiger partial charge is 0.353 e. The topological polar surface area (TPSA) is 58.0 Å². The molecule has 122 valence electrons.